The first kappa shape index (κ1) is 38.9. The highest BCUT2D eigenvalue weighted by Crippen LogP contribution is 2.47. The number of benzene rings is 11. The minimum Gasteiger partial charge on any atom is -0.456 e. The van der Waals surface area contributed by atoms with Crippen LogP contribution in [0, 0.1) is 0 Å². The number of nitrogens with zero attached hydrogens (tertiary/aromatic N) is 1. The molecule has 0 bridgehead atoms. The Morgan fingerprint density at radius 3 is 1.59 bits per heavy atom. The lowest BCUT2D eigenvalue weighted by atomic mass is 9.87. The average Bonchev–Trinajstić information content (AvgIpc) is 3.77. The van der Waals surface area contributed by atoms with Crippen molar-refractivity contribution in [3.8, 4) is 66.8 Å². The van der Waals surface area contributed by atoms with Crippen molar-refractivity contribution in [1.29, 1.82) is 0 Å². The minimum atomic E-state index is 0.891. The monoisotopic (exact) mass is 841 g/mol. The van der Waals surface area contributed by atoms with Crippen molar-refractivity contribution in [1.82, 2.24) is 0 Å². The summed E-state index contributed by atoms with van der Waals surface area (Å²) in [6.45, 7) is 0. The third-order valence-corrected chi connectivity index (χ3v) is 12.9. The largest absolute Gasteiger partial charge is 0.456 e. The molecule has 1 heterocycles. The van der Waals surface area contributed by atoms with E-state index in [1.165, 1.54) is 49.7 Å². The Labute approximate surface area is 384 Å². The summed E-state index contributed by atoms with van der Waals surface area (Å²) < 4.78 is 6.31. The highest BCUT2D eigenvalue weighted by molar-refractivity contribution is 6.06. The predicted octanol–water partition coefficient (Wildman–Crippen LogP) is 18.2. The normalized spacial score (nSPS) is 11.3. The molecule has 0 unspecified atom stereocenters. The molecule has 12 aromatic rings. The molecule has 0 fully saturated rings. The molecule has 66 heavy (non-hydrogen) atoms. The lowest BCUT2D eigenvalue weighted by molar-refractivity contribution is 0.669. The lowest BCUT2D eigenvalue weighted by Gasteiger charge is -2.29. The van der Waals surface area contributed by atoms with Crippen LogP contribution < -0.4 is 4.90 Å². The van der Waals surface area contributed by atoms with Gasteiger partial charge in [0.2, 0.25) is 0 Å². The number of hydrogen-bond acceptors (Lipinski definition) is 2. The highest BCUT2D eigenvalue weighted by atomic mass is 16.3. The van der Waals surface area contributed by atoms with E-state index in [9.17, 15) is 0 Å². The smallest absolute Gasteiger partial charge is 0.136 e. The van der Waals surface area contributed by atoms with Crippen LogP contribution in [-0.4, -0.2) is 0 Å². The lowest BCUT2D eigenvalue weighted by Crippen LogP contribution is -2.11. The van der Waals surface area contributed by atoms with Crippen LogP contribution in [0.4, 0.5) is 17.1 Å². The molecule has 0 saturated heterocycles. The first-order chi connectivity index (χ1) is 32.7. The van der Waals surface area contributed by atoms with Gasteiger partial charge < -0.3 is 9.32 Å². The molecule has 0 atom stereocenters. The van der Waals surface area contributed by atoms with Gasteiger partial charge in [0.25, 0.3) is 0 Å². The summed E-state index contributed by atoms with van der Waals surface area (Å²) in [7, 11) is 0. The van der Waals surface area contributed by atoms with Crippen molar-refractivity contribution >= 4 is 49.8 Å². The van der Waals surface area contributed by atoms with Crippen molar-refractivity contribution in [2.24, 2.45) is 0 Å². The zero-order valence-corrected chi connectivity index (χ0v) is 36.2. The molecular formula is C64H43NO. The Bertz CT molecular complexity index is 3700. The van der Waals surface area contributed by atoms with Crippen LogP contribution in [0.1, 0.15) is 0 Å². The molecule has 0 saturated carbocycles. The Balaban J connectivity index is 1.01. The molecular weight excluding hydrogens is 799 g/mol. The fourth-order valence-corrected chi connectivity index (χ4v) is 9.62. The van der Waals surface area contributed by atoms with Gasteiger partial charge in [-0.05, 0) is 133 Å². The van der Waals surface area contributed by atoms with E-state index >= 15 is 0 Å². The molecule has 11 aromatic carbocycles. The van der Waals surface area contributed by atoms with Gasteiger partial charge in [-0.3, -0.25) is 0 Å². The Morgan fingerprint density at radius 1 is 0.242 bits per heavy atom. The van der Waals surface area contributed by atoms with Gasteiger partial charge in [0.15, 0.2) is 0 Å². The number of para-hydroxylation sites is 2. The van der Waals surface area contributed by atoms with E-state index in [-0.39, 0.29) is 0 Å². The molecule has 1 aromatic heterocycles. The first-order valence-corrected chi connectivity index (χ1v) is 22.6. The average molecular weight is 842 g/mol. The van der Waals surface area contributed by atoms with Crippen molar-refractivity contribution in [3.63, 3.8) is 0 Å². The zero-order valence-electron chi connectivity index (χ0n) is 36.2. The summed E-state index contributed by atoms with van der Waals surface area (Å²) in [6, 6.07) is 94.1. The highest BCUT2D eigenvalue weighted by Gasteiger charge is 2.21. The van der Waals surface area contributed by atoms with Crippen molar-refractivity contribution in [2.75, 3.05) is 4.90 Å². The van der Waals surface area contributed by atoms with E-state index in [4.69, 9.17) is 4.42 Å². The van der Waals surface area contributed by atoms with E-state index < -0.39 is 0 Å². The van der Waals surface area contributed by atoms with Crippen LogP contribution in [0.3, 0.4) is 0 Å². The van der Waals surface area contributed by atoms with E-state index in [0.717, 1.165) is 66.8 Å². The van der Waals surface area contributed by atoms with Gasteiger partial charge in [-0.25, -0.2) is 0 Å². The van der Waals surface area contributed by atoms with Crippen molar-refractivity contribution in [2.45, 2.75) is 0 Å². The maximum Gasteiger partial charge on any atom is 0.136 e. The molecule has 0 aliphatic carbocycles. The first-order valence-electron chi connectivity index (χ1n) is 22.6. The summed E-state index contributed by atoms with van der Waals surface area (Å²) in [5, 5.41) is 4.72. The Hall–Kier alpha value is -8.72. The second-order valence-corrected chi connectivity index (χ2v) is 16.9. The number of fused-ring (bicyclic) bond motifs is 4. The standard InChI is InChI=1S/C64H43NO/c1-3-16-44(17-4-1)51-34-38-57(61(42-51)47-19-5-2-6-20-47)55-24-9-10-25-56(55)58-26-11-13-28-62(58)65(54-23-15-22-49(41-54)50-31-30-45-18-7-8-21-48(45)40-50)53-36-32-46(33-37-53)52-35-39-60-59-27-12-14-29-63(59)66-64(60)43-52/h1-43H. The van der Waals surface area contributed by atoms with E-state index in [1.54, 1.807) is 0 Å². The topological polar surface area (TPSA) is 16.4 Å². The Morgan fingerprint density at radius 2 is 0.773 bits per heavy atom. The zero-order chi connectivity index (χ0) is 43.8. The summed E-state index contributed by atoms with van der Waals surface area (Å²) in [6.07, 6.45) is 0. The van der Waals surface area contributed by atoms with Gasteiger partial charge in [-0.2, -0.15) is 0 Å². The number of furan rings is 1. The molecule has 0 N–H and O–H groups in total. The van der Waals surface area contributed by atoms with E-state index in [1.807, 2.05) is 12.1 Å². The molecule has 0 spiro atoms. The molecule has 0 aliphatic heterocycles. The second-order valence-electron chi connectivity index (χ2n) is 16.9. The maximum atomic E-state index is 6.31. The van der Waals surface area contributed by atoms with Crippen LogP contribution in [0.5, 0.6) is 0 Å². The Kier molecular flexibility index (Phi) is 9.89. The van der Waals surface area contributed by atoms with Crippen LogP contribution in [0.2, 0.25) is 0 Å². The van der Waals surface area contributed by atoms with Crippen LogP contribution in [0.15, 0.2) is 265 Å². The van der Waals surface area contributed by atoms with Crippen LogP contribution in [0.25, 0.3) is 99.5 Å². The van der Waals surface area contributed by atoms with Crippen molar-refractivity contribution in [3.05, 3.63) is 261 Å². The van der Waals surface area contributed by atoms with Gasteiger partial charge in [0.1, 0.15) is 11.2 Å². The minimum absolute atomic E-state index is 0.891. The van der Waals surface area contributed by atoms with Crippen LogP contribution >= 0.6 is 0 Å². The second kappa shape index (κ2) is 16.8. The van der Waals surface area contributed by atoms with Crippen molar-refractivity contribution < 1.29 is 4.42 Å². The van der Waals surface area contributed by atoms with Gasteiger partial charge in [-0.1, -0.05) is 200 Å². The molecule has 0 aliphatic rings. The van der Waals surface area contributed by atoms with Gasteiger partial charge in [-0.15, -0.1) is 0 Å². The molecule has 0 amide bonds. The van der Waals surface area contributed by atoms with E-state index in [0.29, 0.717) is 0 Å². The fourth-order valence-electron chi connectivity index (χ4n) is 9.62. The summed E-state index contributed by atoms with van der Waals surface area (Å²) in [4.78, 5) is 2.42. The maximum absolute atomic E-state index is 6.31. The quantitative estimate of drug-likeness (QED) is 0.144. The number of hydrogen-bond donors (Lipinski definition) is 0. The fraction of sp³-hybridized carbons (Fsp3) is 0. The number of rotatable bonds is 9. The summed E-state index contributed by atoms with van der Waals surface area (Å²) >= 11 is 0. The van der Waals surface area contributed by atoms with Gasteiger partial charge in [0, 0.05) is 27.7 Å². The van der Waals surface area contributed by atoms with Crippen LogP contribution in [-0.2, 0) is 0 Å². The molecule has 0 radical (unpaired) electrons. The number of anilines is 3. The molecule has 2 heteroatoms. The third kappa shape index (κ3) is 7.21. The third-order valence-electron chi connectivity index (χ3n) is 12.9. The molecule has 2 nitrogen and oxygen atoms in total. The van der Waals surface area contributed by atoms with Gasteiger partial charge in [0.05, 0.1) is 5.69 Å². The van der Waals surface area contributed by atoms with E-state index in [2.05, 4.69) is 254 Å². The molecule has 310 valence electrons. The molecule has 12 rings (SSSR count). The summed E-state index contributed by atoms with van der Waals surface area (Å²) in [5.41, 5.74) is 19.0. The summed E-state index contributed by atoms with van der Waals surface area (Å²) in [5.74, 6) is 0. The SMILES string of the molecule is c1ccc(-c2ccc(-c3ccccc3-c3ccccc3N(c3ccc(-c4ccc5c(c4)oc4ccccc45)cc3)c3cccc(-c4ccc5ccccc5c4)c3)c(-c3ccccc3)c2)cc1. The van der Waals surface area contributed by atoms with Gasteiger partial charge >= 0.3 is 0 Å². The predicted molar refractivity (Wildman–Crippen MR) is 279 cm³/mol.